The lowest BCUT2D eigenvalue weighted by Gasteiger charge is -2.05. The fourth-order valence-electron chi connectivity index (χ4n) is 3.72. The molecular formula is C25H29N3O2S. The standard InChI is InChI=1S/C25H29N3O2S/c1-2-3-4-5-6-9-16-28-19-20(24-10-7-8-11-25(24)28)17-23(18-26)31(29,30)22-14-12-21(27)13-15-22/h7-8,10-15,17,19H,2-6,9,16,27H2,1H3/b23-17+. The summed E-state index contributed by atoms with van der Waals surface area (Å²) < 4.78 is 28.1. The molecular weight excluding hydrogens is 406 g/mol. The molecule has 0 radical (unpaired) electrons. The van der Waals surface area contributed by atoms with Crippen LogP contribution in [0.3, 0.4) is 0 Å². The van der Waals surface area contributed by atoms with Crippen molar-refractivity contribution in [2.45, 2.75) is 56.9 Å². The van der Waals surface area contributed by atoms with Gasteiger partial charge in [-0.25, -0.2) is 8.42 Å². The van der Waals surface area contributed by atoms with Crippen molar-refractivity contribution in [1.82, 2.24) is 4.57 Å². The molecule has 31 heavy (non-hydrogen) atoms. The quantitative estimate of drug-likeness (QED) is 0.243. The molecule has 3 aromatic rings. The molecule has 0 aliphatic carbocycles. The van der Waals surface area contributed by atoms with Gasteiger partial charge in [-0.3, -0.25) is 0 Å². The number of nitrogen functional groups attached to an aromatic ring is 1. The summed E-state index contributed by atoms with van der Waals surface area (Å²) in [6.07, 6.45) is 10.7. The molecule has 0 bridgehead atoms. The predicted octanol–water partition coefficient (Wildman–Crippen LogP) is 5.92. The lowest BCUT2D eigenvalue weighted by Crippen LogP contribution is -2.03. The van der Waals surface area contributed by atoms with Crippen LogP contribution in [0.2, 0.25) is 0 Å². The van der Waals surface area contributed by atoms with Crippen LogP contribution in [0.1, 0.15) is 51.0 Å². The number of aromatic nitrogens is 1. The van der Waals surface area contributed by atoms with Gasteiger partial charge in [-0.05, 0) is 42.8 Å². The third-order valence-electron chi connectivity index (χ3n) is 5.45. The number of sulfone groups is 1. The lowest BCUT2D eigenvalue weighted by molar-refractivity contribution is 0.565. The molecule has 0 unspecified atom stereocenters. The van der Waals surface area contributed by atoms with Crippen LogP contribution in [-0.2, 0) is 16.4 Å². The first kappa shape index (κ1) is 22.6. The average Bonchev–Trinajstić information content (AvgIpc) is 3.12. The van der Waals surface area contributed by atoms with Gasteiger partial charge in [-0.2, -0.15) is 5.26 Å². The van der Waals surface area contributed by atoms with E-state index in [2.05, 4.69) is 11.5 Å². The van der Waals surface area contributed by atoms with Crippen molar-refractivity contribution in [2.24, 2.45) is 0 Å². The number of fused-ring (bicyclic) bond motifs is 1. The zero-order valence-electron chi connectivity index (χ0n) is 17.9. The van der Waals surface area contributed by atoms with Gasteiger partial charge in [0.05, 0.1) is 4.90 Å². The Labute approximate surface area is 184 Å². The SMILES string of the molecule is CCCCCCCCn1cc(/C=C(\C#N)S(=O)(=O)c2ccc(N)cc2)c2ccccc21. The topological polar surface area (TPSA) is 88.9 Å². The number of unbranched alkanes of at least 4 members (excludes halogenated alkanes) is 5. The molecule has 0 atom stereocenters. The molecule has 5 nitrogen and oxygen atoms in total. The zero-order chi connectivity index (χ0) is 22.3. The van der Waals surface area contributed by atoms with Crippen LogP contribution in [0.25, 0.3) is 17.0 Å². The van der Waals surface area contributed by atoms with E-state index in [-0.39, 0.29) is 9.80 Å². The van der Waals surface area contributed by atoms with Crippen molar-refractivity contribution < 1.29 is 8.42 Å². The molecule has 0 amide bonds. The summed E-state index contributed by atoms with van der Waals surface area (Å²) in [6.45, 7) is 3.08. The van der Waals surface area contributed by atoms with E-state index < -0.39 is 9.84 Å². The van der Waals surface area contributed by atoms with Crippen molar-refractivity contribution in [2.75, 3.05) is 5.73 Å². The van der Waals surface area contributed by atoms with Gasteiger partial charge in [-0.1, -0.05) is 57.2 Å². The number of nitrogens with zero attached hydrogens (tertiary/aromatic N) is 2. The summed E-state index contributed by atoms with van der Waals surface area (Å²) in [7, 11) is -3.92. The van der Waals surface area contributed by atoms with E-state index in [0.717, 1.165) is 29.4 Å². The van der Waals surface area contributed by atoms with E-state index in [4.69, 9.17) is 5.73 Å². The third-order valence-corrected chi connectivity index (χ3v) is 7.13. The van der Waals surface area contributed by atoms with Gasteiger partial charge in [0.1, 0.15) is 11.0 Å². The number of aryl methyl sites for hydroxylation is 1. The third kappa shape index (κ3) is 5.36. The highest BCUT2D eigenvalue weighted by molar-refractivity contribution is 7.95. The number of allylic oxidation sites excluding steroid dienone is 1. The Kier molecular flexibility index (Phi) is 7.54. The van der Waals surface area contributed by atoms with E-state index >= 15 is 0 Å². The lowest BCUT2D eigenvalue weighted by atomic mass is 10.1. The van der Waals surface area contributed by atoms with Crippen molar-refractivity contribution in [3.05, 3.63) is 65.2 Å². The Morgan fingerprint density at radius 2 is 1.71 bits per heavy atom. The summed E-state index contributed by atoms with van der Waals surface area (Å²) in [6, 6.07) is 15.7. The van der Waals surface area contributed by atoms with Crippen LogP contribution in [0, 0.1) is 11.3 Å². The van der Waals surface area contributed by atoms with Gasteiger partial charge >= 0.3 is 0 Å². The normalized spacial score (nSPS) is 12.2. The van der Waals surface area contributed by atoms with Crippen molar-refractivity contribution >= 4 is 32.5 Å². The number of hydrogen-bond acceptors (Lipinski definition) is 4. The van der Waals surface area contributed by atoms with Crippen LogP contribution >= 0.6 is 0 Å². The Morgan fingerprint density at radius 3 is 2.42 bits per heavy atom. The second kappa shape index (κ2) is 10.3. The molecule has 1 aromatic heterocycles. The summed E-state index contributed by atoms with van der Waals surface area (Å²) in [5.41, 5.74) is 7.91. The highest BCUT2D eigenvalue weighted by Crippen LogP contribution is 2.27. The second-order valence-electron chi connectivity index (χ2n) is 7.76. The average molecular weight is 436 g/mol. The summed E-state index contributed by atoms with van der Waals surface area (Å²) in [5, 5.41) is 10.6. The summed E-state index contributed by atoms with van der Waals surface area (Å²) in [5.74, 6) is 0. The van der Waals surface area contributed by atoms with E-state index in [1.807, 2.05) is 36.5 Å². The minimum absolute atomic E-state index is 0.0605. The van der Waals surface area contributed by atoms with Crippen LogP contribution < -0.4 is 5.73 Å². The van der Waals surface area contributed by atoms with Crippen LogP contribution in [0.5, 0.6) is 0 Å². The number of nitriles is 1. The largest absolute Gasteiger partial charge is 0.399 e. The Hall–Kier alpha value is -3.04. The molecule has 0 aliphatic rings. The Bertz CT molecular complexity index is 1200. The molecule has 2 aromatic carbocycles. The number of para-hydroxylation sites is 1. The first-order valence-corrected chi connectivity index (χ1v) is 12.3. The molecule has 6 heteroatoms. The van der Waals surface area contributed by atoms with E-state index in [1.165, 1.54) is 62.4 Å². The maximum absolute atomic E-state index is 13.0. The van der Waals surface area contributed by atoms with E-state index in [1.54, 1.807) is 0 Å². The highest BCUT2D eigenvalue weighted by Gasteiger charge is 2.21. The minimum Gasteiger partial charge on any atom is -0.399 e. The van der Waals surface area contributed by atoms with Gasteiger partial charge < -0.3 is 10.3 Å². The molecule has 3 rings (SSSR count). The molecule has 2 N–H and O–H groups in total. The fourth-order valence-corrected chi connectivity index (χ4v) is 4.87. The fraction of sp³-hybridized carbons (Fsp3) is 0.320. The van der Waals surface area contributed by atoms with E-state index in [0.29, 0.717) is 5.69 Å². The molecule has 0 spiro atoms. The van der Waals surface area contributed by atoms with Gasteiger partial charge in [-0.15, -0.1) is 0 Å². The zero-order valence-corrected chi connectivity index (χ0v) is 18.7. The van der Waals surface area contributed by atoms with Gasteiger partial charge in [0.25, 0.3) is 0 Å². The smallest absolute Gasteiger partial charge is 0.216 e. The van der Waals surface area contributed by atoms with Gasteiger partial charge in [0.15, 0.2) is 0 Å². The maximum atomic E-state index is 13.0. The number of rotatable bonds is 10. The molecule has 0 saturated carbocycles. The van der Waals surface area contributed by atoms with E-state index in [9.17, 15) is 13.7 Å². The summed E-state index contributed by atoms with van der Waals surface area (Å²) in [4.78, 5) is -0.218. The number of benzene rings is 2. The number of nitrogens with two attached hydrogens (primary N) is 1. The maximum Gasteiger partial charge on any atom is 0.216 e. The predicted molar refractivity (Wildman–Crippen MR) is 127 cm³/mol. The van der Waals surface area contributed by atoms with Crippen molar-refractivity contribution in [3.8, 4) is 6.07 Å². The second-order valence-corrected chi connectivity index (χ2v) is 9.67. The van der Waals surface area contributed by atoms with Crippen molar-refractivity contribution in [3.63, 3.8) is 0 Å². The monoisotopic (exact) mass is 435 g/mol. The first-order chi connectivity index (χ1) is 15.0. The minimum atomic E-state index is -3.92. The molecule has 0 fully saturated rings. The molecule has 0 saturated heterocycles. The van der Waals surface area contributed by atoms with Crippen LogP contribution in [-0.4, -0.2) is 13.0 Å². The molecule has 1 heterocycles. The van der Waals surface area contributed by atoms with Gasteiger partial charge in [0, 0.05) is 34.9 Å². The summed E-state index contributed by atoms with van der Waals surface area (Å²) >= 11 is 0. The number of anilines is 1. The molecule has 0 aliphatic heterocycles. The van der Waals surface area contributed by atoms with Crippen molar-refractivity contribution in [1.29, 1.82) is 5.26 Å². The van der Waals surface area contributed by atoms with Gasteiger partial charge in [0.2, 0.25) is 9.84 Å². The Morgan fingerprint density at radius 1 is 1.03 bits per heavy atom. The number of hydrogen-bond donors (Lipinski definition) is 1. The van der Waals surface area contributed by atoms with Crippen LogP contribution in [0.15, 0.2) is 64.5 Å². The van der Waals surface area contributed by atoms with Crippen LogP contribution in [0.4, 0.5) is 5.69 Å². The molecule has 162 valence electrons. The first-order valence-electron chi connectivity index (χ1n) is 10.8. The Balaban J connectivity index is 1.90. The highest BCUT2D eigenvalue weighted by atomic mass is 32.2.